The lowest BCUT2D eigenvalue weighted by molar-refractivity contribution is 0.0983. The second-order valence-electron chi connectivity index (χ2n) is 8.24. The van der Waals surface area contributed by atoms with Gasteiger partial charge in [-0.25, -0.2) is 13.4 Å². The van der Waals surface area contributed by atoms with Crippen LogP contribution in [0.15, 0.2) is 77.6 Å². The van der Waals surface area contributed by atoms with E-state index in [1.807, 2.05) is 18.4 Å². The van der Waals surface area contributed by atoms with E-state index in [0.717, 1.165) is 28.2 Å². The molecule has 0 saturated carbocycles. The van der Waals surface area contributed by atoms with E-state index in [4.69, 9.17) is 4.98 Å². The van der Waals surface area contributed by atoms with Crippen molar-refractivity contribution in [1.82, 2.24) is 14.2 Å². The van der Waals surface area contributed by atoms with Crippen LogP contribution in [0.4, 0.5) is 5.13 Å². The zero-order valence-corrected chi connectivity index (χ0v) is 25.3. The Labute approximate surface area is 240 Å². The third-order valence-electron chi connectivity index (χ3n) is 6.00. The first kappa shape index (κ1) is 32.0. The molecule has 0 spiro atoms. The molecule has 0 N–H and O–H groups in total. The van der Waals surface area contributed by atoms with E-state index in [2.05, 4.69) is 38.0 Å². The summed E-state index contributed by atoms with van der Waals surface area (Å²) in [5.41, 5.74) is 1.26. The molecule has 11 heteroatoms. The number of amides is 1. The highest BCUT2D eigenvalue weighted by Gasteiger charge is 2.25. The minimum absolute atomic E-state index is 0. The predicted octanol–water partition coefficient (Wildman–Crippen LogP) is 5.79. The number of anilines is 1. The molecule has 0 saturated heterocycles. The van der Waals surface area contributed by atoms with Gasteiger partial charge in [-0.1, -0.05) is 37.3 Å². The molecule has 1 heterocycles. The highest BCUT2D eigenvalue weighted by molar-refractivity contribution is 7.98. The van der Waals surface area contributed by atoms with E-state index < -0.39 is 10.0 Å². The molecule has 0 unspecified atom stereocenters. The van der Waals surface area contributed by atoms with Crippen LogP contribution in [0.1, 0.15) is 24.2 Å². The summed E-state index contributed by atoms with van der Waals surface area (Å²) in [4.78, 5) is 23.7. The van der Waals surface area contributed by atoms with Gasteiger partial charge in [-0.3, -0.25) is 9.69 Å². The fraction of sp³-hybridized carbons (Fsp3) is 0.333. The molecule has 38 heavy (non-hydrogen) atoms. The van der Waals surface area contributed by atoms with E-state index >= 15 is 0 Å². The summed E-state index contributed by atoms with van der Waals surface area (Å²) in [5.74, 6) is -0.214. The highest BCUT2D eigenvalue weighted by atomic mass is 35.5. The van der Waals surface area contributed by atoms with Crippen LogP contribution >= 0.6 is 35.5 Å². The number of thiazole rings is 1. The molecule has 1 aromatic heterocycles. The Bertz CT molecular complexity index is 1330. The second kappa shape index (κ2) is 14.8. The Morgan fingerprint density at radius 3 is 2.21 bits per heavy atom. The zero-order valence-electron chi connectivity index (χ0n) is 22.0. The number of aromatic nitrogens is 1. The van der Waals surface area contributed by atoms with Crippen molar-refractivity contribution in [3.8, 4) is 0 Å². The van der Waals surface area contributed by atoms with Gasteiger partial charge in [-0.15, -0.1) is 37.3 Å². The van der Waals surface area contributed by atoms with E-state index in [1.165, 1.54) is 39.9 Å². The number of halogens is 1. The number of nitrogens with zero attached hydrogens (tertiary/aromatic N) is 4. The largest absolute Gasteiger partial charge is 0.302 e. The zero-order chi connectivity index (χ0) is 27.0. The fourth-order valence-electron chi connectivity index (χ4n) is 3.83. The van der Waals surface area contributed by atoms with Crippen LogP contribution in [0.5, 0.6) is 0 Å². The predicted molar refractivity (Wildman–Crippen MR) is 164 cm³/mol. The van der Waals surface area contributed by atoms with Gasteiger partial charge in [0, 0.05) is 36.6 Å². The van der Waals surface area contributed by atoms with Crippen molar-refractivity contribution < 1.29 is 13.2 Å². The lowest BCUT2D eigenvalue weighted by Gasteiger charge is -2.25. The van der Waals surface area contributed by atoms with Gasteiger partial charge >= 0.3 is 0 Å². The van der Waals surface area contributed by atoms with Gasteiger partial charge in [-0.2, -0.15) is 4.31 Å². The maximum atomic E-state index is 13.7. The number of sulfonamides is 1. The Morgan fingerprint density at radius 1 is 1.03 bits per heavy atom. The van der Waals surface area contributed by atoms with Crippen LogP contribution in [0.2, 0.25) is 0 Å². The molecule has 3 rings (SSSR count). The van der Waals surface area contributed by atoms with E-state index in [9.17, 15) is 13.2 Å². The summed E-state index contributed by atoms with van der Waals surface area (Å²) in [7, 11) is -3.75. The maximum Gasteiger partial charge on any atom is 0.260 e. The Hall–Kier alpha value is -2.21. The first-order valence-electron chi connectivity index (χ1n) is 12.1. The molecular weight excluding hydrogens is 560 g/mol. The van der Waals surface area contributed by atoms with Crippen molar-refractivity contribution >= 4 is 66.8 Å². The number of carbonyl (C=O) groups excluding carboxylic acids is 1. The summed E-state index contributed by atoms with van der Waals surface area (Å²) < 4.78 is 28.4. The van der Waals surface area contributed by atoms with Crippen LogP contribution in [0.3, 0.4) is 0 Å². The van der Waals surface area contributed by atoms with Gasteiger partial charge in [0.2, 0.25) is 10.0 Å². The Kier molecular flexibility index (Phi) is 12.5. The molecule has 1 amide bonds. The topological polar surface area (TPSA) is 73.8 Å². The number of hydrogen-bond donors (Lipinski definition) is 0. The standard InChI is InChI=1S/C27H34N4O3S3.ClH/c1-6-16-30(17-7-2)37(33,34)23-13-10-21(11-14-23)26(32)31(19-18-29(8-3)9-4)27-28-24-15-12-22(35-5)20-25(24)36-27;/h6-7,10-15,20H,1-2,8-9,16-19H2,3-5H3;1H. The average Bonchev–Trinajstić information content (AvgIpc) is 3.33. The molecule has 3 aromatic rings. The molecule has 0 aliphatic heterocycles. The van der Waals surface area contributed by atoms with Crippen LogP contribution in [-0.4, -0.2) is 74.0 Å². The van der Waals surface area contributed by atoms with Crippen LogP contribution in [0.25, 0.3) is 10.2 Å². The summed E-state index contributed by atoms with van der Waals surface area (Å²) in [6.07, 6.45) is 5.10. The van der Waals surface area contributed by atoms with Gasteiger partial charge in [0.15, 0.2) is 5.13 Å². The van der Waals surface area contributed by atoms with Crippen molar-refractivity contribution in [3.63, 3.8) is 0 Å². The highest BCUT2D eigenvalue weighted by Crippen LogP contribution is 2.32. The molecule has 0 radical (unpaired) electrons. The van der Waals surface area contributed by atoms with Gasteiger partial charge < -0.3 is 4.90 Å². The van der Waals surface area contributed by atoms with E-state index in [0.29, 0.717) is 23.8 Å². The quantitative estimate of drug-likeness (QED) is 0.174. The van der Waals surface area contributed by atoms with Gasteiger partial charge in [0.1, 0.15) is 0 Å². The second-order valence-corrected chi connectivity index (χ2v) is 12.1. The van der Waals surface area contributed by atoms with Crippen molar-refractivity contribution in [1.29, 1.82) is 0 Å². The van der Waals surface area contributed by atoms with Gasteiger partial charge in [0.05, 0.1) is 15.1 Å². The van der Waals surface area contributed by atoms with Crippen LogP contribution in [-0.2, 0) is 10.0 Å². The third kappa shape index (κ3) is 7.46. The number of carbonyl (C=O) groups is 1. The minimum Gasteiger partial charge on any atom is -0.302 e. The Balaban J connectivity index is 0.00000507. The Morgan fingerprint density at radius 2 is 1.66 bits per heavy atom. The molecule has 0 atom stereocenters. The number of rotatable bonds is 14. The molecule has 206 valence electrons. The molecular formula is C27H35ClN4O3S3. The number of hydrogen-bond acceptors (Lipinski definition) is 7. The van der Waals surface area contributed by atoms with Crippen molar-refractivity contribution in [3.05, 3.63) is 73.3 Å². The smallest absolute Gasteiger partial charge is 0.260 e. The molecule has 7 nitrogen and oxygen atoms in total. The first-order chi connectivity index (χ1) is 17.8. The number of fused-ring (bicyclic) bond motifs is 1. The first-order valence-corrected chi connectivity index (χ1v) is 15.6. The lowest BCUT2D eigenvalue weighted by atomic mass is 10.2. The van der Waals surface area contributed by atoms with E-state index in [-0.39, 0.29) is 36.3 Å². The van der Waals surface area contributed by atoms with Gasteiger partial charge in [0.25, 0.3) is 5.91 Å². The molecule has 0 aliphatic rings. The minimum atomic E-state index is -3.75. The summed E-state index contributed by atoms with van der Waals surface area (Å²) in [6, 6.07) is 12.2. The van der Waals surface area contributed by atoms with Gasteiger partial charge in [-0.05, 0) is 61.8 Å². The number of thioether (sulfide) groups is 1. The van der Waals surface area contributed by atoms with Crippen molar-refractivity contribution in [2.24, 2.45) is 0 Å². The van der Waals surface area contributed by atoms with E-state index in [1.54, 1.807) is 28.8 Å². The third-order valence-corrected chi connectivity index (χ3v) is 9.61. The number of likely N-dealkylation sites (N-methyl/N-ethyl adjacent to an activating group) is 1. The normalized spacial score (nSPS) is 11.5. The summed E-state index contributed by atoms with van der Waals surface area (Å²) >= 11 is 3.15. The molecule has 0 bridgehead atoms. The maximum absolute atomic E-state index is 13.7. The van der Waals surface area contributed by atoms with Crippen molar-refractivity contribution in [2.45, 2.75) is 23.6 Å². The lowest BCUT2D eigenvalue weighted by Crippen LogP contribution is -2.39. The van der Waals surface area contributed by atoms with Crippen LogP contribution < -0.4 is 4.90 Å². The molecule has 0 aliphatic carbocycles. The molecule has 0 fully saturated rings. The summed E-state index contributed by atoms with van der Waals surface area (Å²) in [6.45, 7) is 14.8. The average molecular weight is 595 g/mol. The SMILES string of the molecule is C=CCN(CC=C)S(=O)(=O)c1ccc(C(=O)N(CCN(CC)CC)c2nc3ccc(SC)cc3s2)cc1.Cl. The number of benzene rings is 2. The molecule has 2 aromatic carbocycles. The monoisotopic (exact) mass is 594 g/mol. The fourth-order valence-corrected chi connectivity index (χ4v) is 6.76. The summed E-state index contributed by atoms with van der Waals surface area (Å²) in [5, 5.41) is 0.630. The van der Waals surface area contributed by atoms with Crippen molar-refractivity contribution in [2.75, 3.05) is 50.4 Å². The van der Waals surface area contributed by atoms with Crippen LogP contribution in [0, 0.1) is 0 Å².